The van der Waals surface area contributed by atoms with Crippen LogP contribution >= 0.6 is 11.6 Å². The minimum Gasteiger partial charge on any atom is -0.508 e. The van der Waals surface area contributed by atoms with Gasteiger partial charge in [-0.1, -0.05) is 87.0 Å². The summed E-state index contributed by atoms with van der Waals surface area (Å²) in [7, 11) is 1.85. The van der Waals surface area contributed by atoms with Gasteiger partial charge in [-0.25, -0.2) is 0 Å². The first-order valence-electron chi connectivity index (χ1n) is 14.9. The third kappa shape index (κ3) is 15.3. The van der Waals surface area contributed by atoms with Gasteiger partial charge in [0.25, 0.3) is 0 Å². The number of Topliss-reactive ketones (excluding diaryl/α,β-unsaturated/α-hetero) is 1. The molecule has 2 aromatic rings. The van der Waals surface area contributed by atoms with E-state index in [0.717, 1.165) is 31.8 Å². The molecule has 2 aromatic carbocycles. The Bertz CT molecular complexity index is 1250. The molecule has 0 fully saturated rings. The first kappa shape index (κ1) is 37.2. The number of nitrogens with zero attached hydrogens (tertiary/aromatic N) is 3. The molecule has 232 valence electrons. The molecule has 0 saturated carbocycles. The van der Waals surface area contributed by atoms with Crippen LogP contribution in [0.4, 0.5) is 0 Å². The average Bonchev–Trinajstić information content (AvgIpc) is 3.02. The zero-order chi connectivity index (χ0) is 32.0. The molecule has 6 nitrogen and oxygen atoms in total. The number of aromatic hydroxyl groups is 1. The molecule has 0 radical (unpaired) electrons. The van der Waals surface area contributed by atoms with Gasteiger partial charge in [0.1, 0.15) is 5.75 Å². The van der Waals surface area contributed by atoms with Gasteiger partial charge in [-0.05, 0) is 67.8 Å². The molecule has 0 heterocycles. The molecule has 0 saturated heterocycles. The highest BCUT2D eigenvalue weighted by molar-refractivity contribution is 6.31. The topological polar surface area (TPSA) is 70.9 Å². The minimum atomic E-state index is -0.0342. The van der Waals surface area contributed by atoms with E-state index in [1.54, 1.807) is 29.3 Å². The van der Waals surface area contributed by atoms with Crippen molar-refractivity contribution in [3.8, 4) is 5.75 Å². The van der Waals surface area contributed by atoms with Crippen molar-refractivity contribution in [3.05, 3.63) is 125 Å². The van der Waals surface area contributed by atoms with Crippen LogP contribution in [0.1, 0.15) is 57.0 Å². The standard InChI is InChI=1S/C34H43ClN4O2.C2H6/c1-5-7-13-29(6-2)23-38(24-30-14-9-8-10-15-30)21-22-39(27-36)25-32(35)16-11-12-28(3)37(4)26-34(41)31-17-19-33(40)20-18-31;1-2/h6-20,25,27,36,40H,5,21-24,26H2,1-4H3;1-2H3/b13-7-,16-11-,28-12+,29-6+,32-25-,36-27?;. The van der Waals surface area contributed by atoms with Crippen molar-refractivity contribution in [2.24, 2.45) is 0 Å². The van der Waals surface area contributed by atoms with Crippen molar-refractivity contribution in [1.29, 1.82) is 5.41 Å². The van der Waals surface area contributed by atoms with E-state index in [-0.39, 0.29) is 18.1 Å². The minimum absolute atomic E-state index is 0.0342. The fourth-order valence-corrected chi connectivity index (χ4v) is 4.13. The first-order chi connectivity index (χ1) is 20.7. The predicted molar refractivity (Wildman–Crippen MR) is 184 cm³/mol. The van der Waals surface area contributed by atoms with Crippen molar-refractivity contribution in [2.75, 3.05) is 33.2 Å². The molecule has 0 unspecified atom stereocenters. The van der Waals surface area contributed by atoms with E-state index in [2.05, 4.69) is 61.2 Å². The average molecular weight is 605 g/mol. The molecule has 2 N–H and O–H groups in total. The van der Waals surface area contributed by atoms with E-state index in [0.29, 0.717) is 17.1 Å². The number of nitrogens with one attached hydrogen (secondary N) is 1. The van der Waals surface area contributed by atoms with Crippen LogP contribution in [0.2, 0.25) is 0 Å². The monoisotopic (exact) mass is 604 g/mol. The van der Waals surface area contributed by atoms with Crippen molar-refractivity contribution in [3.63, 3.8) is 0 Å². The fourth-order valence-electron chi connectivity index (χ4n) is 3.93. The van der Waals surface area contributed by atoms with Gasteiger partial charge in [0, 0.05) is 50.7 Å². The lowest BCUT2D eigenvalue weighted by Crippen LogP contribution is -2.33. The predicted octanol–water partition coefficient (Wildman–Crippen LogP) is 8.40. The number of phenolic OH excluding ortho intramolecular Hbond substituents is 1. The van der Waals surface area contributed by atoms with Gasteiger partial charge >= 0.3 is 0 Å². The van der Waals surface area contributed by atoms with Crippen molar-refractivity contribution >= 4 is 23.7 Å². The Morgan fingerprint density at radius 1 is 1.00 bits per heavy atom. The highest BCUT2D eigenvalue weighted by Gasteiger charge is 2.11. The summed E-state index contributed by atoms with van der Waals surface area (Å²) in [5.41, 5.74) is 3.96. The lowest BCUT2D eigenvalue weighted by atomic mass is 10.1. The lowest BCUT2D eigenvalue weighted by Gasteiger charge is -2.25. The Hall–Kier alpha value is -3.87. The largest absolute Gasteiger partial charge is 0.508 e. The van der Waals surface area contributed by atoms with Crippen LogP contribution in [0.5, 0.6) is 5.75 Å². The lowest BCUT2D eigenvalue weighted by molar-refractivity contribution is 0.0960. The van der Waals surface area contributed by atoms with Crippen molar-refractivity contribution in [1.82, 2.24) is 14.7 Å². The Morgan fingerprint density at radius 2 is 1.67 bits per heavy atom. The summed E-state index contributed by atoms with van der Waals surface area (Å²) in [4.78, 5) is 18.5. The highest BCUT2D eigenvalue weighted by atomic mass is 35.5. The quantitative estimate of drug-likeness (QED) is 0.0821. The number of likely N-dealkylation sites (N-methyl/N-ethyl adjacent to an activating group) is 1. The van der Waals surface area contributed by atoms with E-state index in [9.17, 15) is 9.90 Å². The van der Waals surface area contributed by atoms with Crippen LogP contribution in [0.3, 0.4) is 0 Å². The molecule has 0 bridgehead atoms. The van der Waals surface area contributed by atoms with Gasteiger partial charge in [0.15, 0.2) is 5.78 Å². The Labute approximate surface area is 264 Å². The smallest absolute Gasteiger partial charge is 0.182 e. The normalized spacial score (nSPS) is 12.4. The first-order valence-corrected chi connectivity index (χ1v) is 15.2. The summed E-state index contributed by atoms with van der Waals surface area (Å²) in [5, 5.41) is 17.8. The van der Waals surface area contributed by atoms with E-state index >= 15 is 0 Å². The molecule has 7 heteroatoms. The van der Waals surface area contributed by atoms with Gasteiger partial charge in [-0.15, -0.1) is 0 Å². The fraction of sp³-hybridized carbons (Fsp3) is 0.333. The second-order valence-corrected chi connectivity index (χ2v) is 10.2. The zero-order valence-corrected chi connectivity index (χ0v) is 27.4. The summed E-state index contributed by atoms with van der Waals surface area (Å²) >= 11 is 6.48. The van der Waals surface area contributed by atoms with Gasteiger partial charge < -0.3 is 14.9 Å². The highest BCUT2D eigenvalue weighted by Crippen LogP contribution is 2.13. The third-order valence-corrected chi connectivity index (χ3v) is 6.71. The van der Waals surface area contributed by atoms with Gasteiger partial charge in [0.2, 0.25) is 0 Å². The van der Waals surface area contributed by atoms with Crippen LogP contribution in [-0.2, 0) is 6.54 Å². The second kappa shape index (κ2) is 21.8. The SMILES string of the molecule is C/C=C(\C=C/CC)CN(CCN(C=N)/C=C(Cl)/C=C\C=C(/C)N(C)CC(=O)c1ccc(O)cc1)Cc1ccccc1.CC. The van der Waals surface area contributed by atoms with Crippen LogP contribution in [0.15, 0.2) is 114 Å². The molecule has 2 rings (SSSR count). The molecule has 0 aliphatic rings. The van der Waals surface area contributed by atoms with Crippen LogP contribution < -0.4 is 0 Å². The summed E-state index contributed by atoms with van der Waals surface area (Å²) in [6.07, 6.45) is 16.0. The maximum atomic E-state index is 12.5. The Kier molecular flexibility index (Phi) is 18.8. The number of carbonyl (C=O) groups is 1. The van der Waals surface area contributed by atoms with Gasteiger partial charge in [0.05, 0.1) is 17.9 Å². The molecular weight excluding hydrogens is 556 g/mol. The molecule has 0 aliphatic carbocycles. The van der Waals surface area contributed by atoms with Gasteiger partial charge in [-0.2, -0.15) is 0 Å². The summed E-state index contributed by atoms with van der Waals surface area (Å²) in [6, 6.07) is 16.7. The molecular formula is C36H49ClN4O2. The van der Waals surface area contributed by atoms with E-state index < -0.39 is 0 Å². The van der Waals surface area contributed by atoms with E-state index in [1.165, 1.54) is 29.6 Å². The number of hydrogen-bond acceptors (Lipinski definition) is 5. The zero-order valence-electron chi connectivity index (χ0n) is 26.6. The number of phenols is 1. The summed E-state index contributed by atoms with van der Waals surface area (Å²) in [6.45, 7) is 13.3. The second-order valence-electron chi connectivity index (χ2n) is 9.74. The molecule has 0 amide bonds. The molecule has 0 aliphatic heterocycles. The van der Waals surface area contributed by atoms with E-state index in [4.69, 9.17) is 17.0 Å². The van der Waals surface area contributed by atoms with Crippen molar-refractivity contribution in [2.45, 2.75) is 47.6 Å². The number of hydrogen-bond donors (Lipinski definition) is 2. The Morgan fingerprint density at radius 3 is 2.28 bits per heavy atom. The molecule has 0 aromatic heterocycles. The van der Waals surface area contributed by atoms with E-state index in [1.807, 2.05) is 50.9 Å². The maximum absolute atomic E-state index is 12.5. The van der Waals surface area contributed by atoms with Crippen LogP contribution in [0, 0.1) is 5.41 Å². The molecule has 43 heavy (non-hydrogen) atoms. The van der Waals surface area contributed by atoms with Crippen LogP contribution in [0.25, 0.3) is 0 Å². The number of carbonyl (C=O) groups excluding carboxylic acids is 1. The number of allylic oxidation sites excluding steroid dienone is 7. The summed E-state index contributed by atoms with van der Waals surface area (Å²) in [5.74, 6) is 0.0998. The number of rotatable bonds is 17. The van der Waals surface area contributed by atoms with Crippen LogP contribution in [-0.4, -0.2) is 65.2 Å². The number of ketones is 1. The summed E-state index contributed by atoms with van der Waals surface area (Å²) < 4.78 is 0. The molecule has 0 spiro atoms. The van der Waals surface area contributed by atoms with Gasteiger partial charge in [-0.3, -0.25) is 15.1 Å². The molecule has 0 atom stereocenters. The van der Waals surface area contributed by atoms with Crippen molar-refractivity contribution < 1.29 is 9.90 Å². The third-order valence-electron chi connectivity index (χ3n) is 6.49. The maximum Gasteiger partial charge on any atom is 0.182 e. The number of halogens is 1. The Balaban J connectivity index is 0.00000452. The number of benzene rings is 2.